The van der Waals surface area contributed by atoms with Crippen molar-refractivity contribution in [1.82, 2.24) is 9.97 Å². The van der Waals surface area contributed by atoms with E-state index in [2.05, 4.69) is 4.98 Å². The molecule has 4 aromatic rings. The van der Waals surface area contributed by atoms with Gasteiger partial charge in [-0.2, -0.15) is 0 Å². The van der Waals surface area contributed by atoms with E-state index < -0.39 is 4.92 Å². The van der Waals surface area contributed by atoms with Crippen LogP contribution in [0.1, 0.15) is 5.56 Å². The molecule has 0 atom stereocenters. The minimum atomic E-state index is -0.393. The summed E-state index contributed by atoms with van der Waals surface area (Å²) in [6.07, 6.45) is 0. The molecule has 6 heteroatoms. The number of rotatable bonds is 5. The summed E-state index contributed by atoms with van der Waals surface area (Å²) in [5, 5.41) is 12.5. The molecule has 0 N–H and O–H groups in total. The van der Waals surface area contributed by atoms with Gasteiger partial charge in [-0.15, -0.1) is 0 Å². The zero-order chi connectivity index (χ0) is 18.6. The summed E-state index contributed by atoms with van der Waals surface area (Å²) >= 11 is 1.52. The van der Waals surface area contributed by atoms with Crippen LogP contribution in [0.4, 0.5) is 5.69 Å². The predicted molar refractivity (Wildman–Crippen MR) is 108 cm³/mol. The fourth-order valence-electron chi connectivity index (χ4n) is 2.80. The first-order valence-corrected chi connectivity index (χ1v) is 9.37. The largest absolute Gasteiger partial charge is 0.269 e. The van der Waals surface area contributed by atoms with Crippen LogP contribution in [0.2, 0.25) is 0 Å². The zero-order valence-corrected chi connectivity index (χ0v) is 15.1. The number of nitro groups is 1. The second-order valence-electron chi connectivity index (χ2n) is 5.95. The topological polar surface area (TPSA) is 68.9 Å². The lowest BCUT2D eigenvalue weighted by molar-refractivity contribution is -0.384. The van der Waals surface area contributed by atoms with Crippen LogP contribution in [-0.2, 0) is 5.75 Å². The Hall–Kier alpha value is -3.25. The molecule has 0 unspecified atom stereocenters. The molecule has 4 rings (SSSR count). The summed E-state index contributed by atoms with van der Waals surface area (Å²) in [6, 6.07) is 24.6. The molecule has 0 saturated carbocycles. The van der Waals surface area contributed by atoms with E-state index in [1.54, 1.807) is 12.1 Å². The third-order valence-corrected chi connectivity index (χ3v) is 5.06. The zero-order valence-electron chi connectivity index (χ0n) is 14.3. The highest BCUT2D eigenvalue weighted by Crippen LogP contribution is 2.29. The van der Waals surface area contributed by atoms with E-state index >= 15 is 0 Å². The maximum absolute atomic E-state index is 10.8. The highest BCUT2D eigenvalue weighted by Gasteiger charge is 2.10. The van der Waals surface area contributed by atoms with Crippen LogP contribution < -0.4 is 0 Å². The standard InChI is InChI=1S/C21H15N3O2S/c25-24(26)17-12-10-15(11-13-17)14-27-21-22-19-9-5-4-8-18(19)20(23-21)16-6-2-1-3-7-16/h1-13H,14H2. The number of nitro benzene ring substituents is 1. The van der Waals surface area contributed by atoms with Gasteiger partial charge in [0.05, 0.1) is 16.1 Å². The van der Waals surface area contributed by atoms with Gasteiger partial charge in [0.15, 0.2) is 5.16 Å². The first-order valence-electron chi connectivity index (χ1n) is 8.39. The maximum atomic E-state index is 10.8. The van der Waals surface area contributed by atoms with Crippen molar-refractivity contribution in [3.05, 3.63) is 94.5 Å². The molecule has 5 nitrogen and oxygen atoms in total. The average molecular weight is 373 g/mol. The minimum Gasteiger partial charge on any atom is -0.258 e. The van der Waals surface area contributed by atoms with Gasteiger partial charge in [0.1, 0.15) is 0 Å². The Morgan fingerprint density at radius 1 is 0.852 bits per heavy atom. The van der Waals surface area contributed by atoms with Crippen molar-refractivity contribution < 1.29 is 4.92 Å². The predicted octanol–water partition coefficient (Wildman–Crippen LogP) is 5.50. The molecule has 0 fully saturated rings. The molecule has 0 aliphatic rings. The number of non-ortho nitro benzene ring substituents is 1. The second-order valence-corrected chi connectivity index (χ2v) is 6.89. The van der Waals surface area contributed by atoms with E-state index in [0.29, 0.717) is 10.9 Å². The molecule has 0 amide bonds. The normalized spacial score (nSPS) is 10.8. The molecule has 0 bridgehead atoms. The maximum Gasteiger partial charge on any atom is 0.269 e. The molecule has 0 saturated heterocycles. The summed E-state index contributed by atoms with van der Waals surface area (Å²) in [4.78, 5) is 19.8. The van der Waals surface area contributed by atoms with E-state index in [-0.39, 0.29) is 5.69 Å². The van der Waals surface area contributed by atoms with Crippen molar-refractivity contribution in [2.24, 2.45) is 0 Å². The van der Waals surface area contributed by atoms with Crippen LogP contribution >= 0.6 is 11.8 Å². The summed E-state index contributed by atoms with van der Waals surface area (Å²) in [5.74, 6) is 0.643. The molecule has 0 spiro atoms. The number of thioether (sulfide) groups is 1. The van der Waals surface area contributed by atoms with Gasteiger partial charge in [0.2, 0.25) is 0 Å². The summed E-state index contributed by atoms with van der Waals surface area (Å²) in [6.45, 7) is 0. The highest BCUT2D eigenvalue weighted by atomic mass is 32.2. The summed E-state index contributed by atoms with van der Waals surface area (Å²) < 4.78 is 0. The van der Waals surface area contributed by atoms with E-state index in [4.69, 9.17) is 4.98 Å². The molecule has 0 radical (unpaired) electrons. The van der Waals surface area contributed by atoms with Gasteiger partial charge in [0, 0.05) is 28.8 Å². The average Bonchev–Trinajstić information content (AvgIpc) is 2.72. The SMILES string of the molecule is O=[N+]([O-])c1ccc(CSc2nc(-c3ccccc3)c3ccccc3n2)cc1. The lowest BCUT2D eigenvalue weighted by atomic mass is 10.1. The molecule has 27 heavy (non-hydrogen) atoms. The van der Waals surface area contributed by atoms with Crippen molar-refractivity contribution in [2.75, 3.05) is 0 Å². The minimum absolute atomic E-state index is 0.0945. The first-order chi connectivity index (χ1) is 13.2. The van der Waals surface area contributed by atoms with Gasteiger partial charge in [-0.05, 0) is 11.6 Å². The fraction of sp³-hybridized carbons (Fsp3) is 0.0476. The fourth-order valence-corrected chi connectivity index (χ4v) is 3.60. The second kappa shape index (κ2) is 7.55. The Morgan fingerprint density at radius 2 is 1.56 bits per heavy atom. The van der Waals surface area contributed by atoms with Crippen LogP contribution in [0.25, 0.3) is 22.2 Å². The molecule has 0 aliphatic carbocycles. The third kappa shape index (κ3) is 3.80. The van der Waals surface area contributed by atoms with E-state index in [1.807, 2.05) is 54.6 Å². The monoisotopic (exact) mass is 373 g/mol. The Morgan fingerprint density at radius 3 is 2.30 bits per heavy atom. The van der Waals surface area contributed by atoms with Crippen molar-refractivity contribution in [1.29, 1.82) is 0 Å². The summed E-state index contributed by atoms with van der Waals surface area (Å²) in [5.41, 5.74) is 3.94. The lowest BCUT2D eigenvalue weighted by Gasteiger charge is -2.09. The quantitative estimate of drug-likeness (QED) is 0.200. The van der Waals surface area contributed by atoms with Gasteiger partial charge in [0.25, 0.3) is 5.69 Å². The number of aromatic nitrogens is 2. The van der Waals surface area contributed by atoms with Gasteiger partial charge >= 0.3 is 0 Å². The lowest BCUT2D eigenvalue weighted by Crippen LogP contribution is -1.94. The molecule has 3 aromatic carbocycles. The third-order valence-electron chi connectivity index (χ3n) is 4.15. The Kier molecular flexibility index (Phi) is 4.80. The van der Waals surface area contributed by atoms with E-state index in [0.717, 1.165) is 27.7 Å². The van der Waals surface area contributed by atoms with Gasteiger partial charge in [-0.25, -0.2) is 9.97 Å². The molecule has 1 aromatic heterocycles. The van der Waals surface area contributed by atoms with Crippen molar-refractivity contribution >= 4 is 28.4 Å². The van der Waals surface area contributed by atoms with Crippen LogP contribution in [0.15, 0.2) is 84.0 Å². The highest BCUT2D eigenvalue weighted by molar-refractivity contribution is 7.98. The molecular weight excluding hydrogens is 358 g/mol. The Labute approximate surface area is 160 Å². The molecule has 0 aliphatic heterocycles. The summed E-state index contributed by atoms with van der Waals surface area (Å²) in [7, 11) is 0. The van der Waals surface area contributed by atoms with Crippen LogP contribution in [-0.4, -0.2) is 14.9 Å². The van der Waals surface area contributed by atoms with Crippen LogP contribution in [0.3, 0.4) is 0 Å². The van der Waals surface area contributed by atoms with Crippen LogP contribution in [0.5, 0.6) is 0 Å². The van der Waals surface area contributed by atoms with E-state index in [1.165, 1.54) is 23.9 Å². The molecule has 1 heterocycles. The first kappa shape index (κ1) is 17.2. The van der Waals surface area contributed by atoms with Crippen molar-refractivity contribution in [2.45, 2.75) is 10.9 Å². The van der Waals surface area contributed by atoms with E-state index in [9.17, 15) is 10.1 Å². The van der Waals surface area contributed by atoms with Crippen molar-refractivity contribution in [3.63, 3.8) is 0 Å². The number of hydrogen-bond donors (Lipinski definition) is 0. The smallest absolute Gasteiger partial charge is 0.258 e. The number of fused-ring (bicyclic) bond motifs is 1. The number of benzene rings is 3. The number of nitrogens with zero attached hydrogens (tertiary/aromatic N) is 3. The van der Waals surface area contributed by atoms with Gasteiger partial charge < -0.3 is 0 Å². The molecular formula is C21H15N3O2S. The number of hydrogen-bond acceptors (Lipinski definition) is 5. The van der Waals surface area contributed by atoms with Gasteiger partial charge in [-0.3, -0.25) is 10.1 Å². The molecule has 132 valence electrons. The van der Waals surface area contributed by atoms with Gasteiger partial charge in [-0.1, -0.05) is 72.4 Å². The van der Waals surface area contributed by atoms with Crippen molar-refractivity contribution in [3.8, 4) is 11.3 Å². The Balaban J connectivity index is 1.65. The van der Waals surface area contributed by atoms with Crippen LogP contribution in [0, 0.1) is 10.1 Å². The Bertz CT molecular complexity index is 1100. The number of para-hydroxylation sites is 1.